The summed E-state index contributed by atoms with van der Waals surface area (Å²) in [5.41, 5.74) is 3.36. The van der Waals surface area contributed by atoms with Gasteiger partial charge in [-0.15, -0.1) is 0 Å². The van der Waals surface area contributed by atoms with Crippen LogP contribution in [0.15, 0.2) is 59.6 Å². The first-order valence-electron chi connectivity index (χ1n) is 7.15. The van der Waals surface area contributed by atoms with Crippen LogP contribution < -0.4 is 0 Å². The Labute approximate surface area is 131 Å². The lowest BCUT2D eigenvalue weighted by Gasteiger charge is -2.06. The maximum absolute atomic E-state index is 11.9. The average Bonchev–Trinajstić information content (AvgIpc) is 2.56. The largest absolute Gasteiger partial charge is 0.465 e. The molecule has 3 heteroatoms. The summed E-state index contributed by atoms with van der Waals surface area (Å²) in [6.45, 7) is 4.01. The molecular weight excluding hydrogens is 274 g/mol. The second-order valence-electron chi connectivity index (χ2n) is 5.06. The highest BCUT2D eigenvalue weighted by Crippen LogP contribution is 2.18. The highest BCUT2D eigenvalue weighted by atomic mass is 16.5. The number of benzene rings is 2. The predicted octanol–water partition coefficient (Wildman–Crippen LogP) is 3.98. The van der Waals surface area contributed by atoms with Crippen molar-refractivity contribution in [2.75, 3.05) is 7.11 Å². The van der Waals surface area contributed by atoms with Crippen LogP contribution in [-0.2, 0) is 9.53 Å². The molecule has 0 bridgehead atoms. The van der Waals surface area contributed by atoms with E-state index in [4.69, 9.17) is 4.74 Å². The highest BCUT2D eigenvalue weighted by Gasteiger charge is 2.12. The summed E-state index contributed by atoms with van der Waals surface area (Å²) >= 11 is 0. The van der Waals surface area contributed by atoms with Gasteiger partial charge in [-0.25, -0.2) is 9.79 Å². The molecule has 0 aliphatic rings. The summed E-state index contributed by atoms with van der Waals surface area (Å²) in [4.78, 5) is 16.3. The van der Waals surface area contributed by atoms with Gasteiger partial charge in [0, 0.05) is 0 Å². The normalized spacial score (nSPS) is 11.2. The lowest BCUT2D eigenvalue weighted by Crippen LogP contribution is -2.04. The van der Waals surface area contributed by atoms with Crippen molar-refractivity contribution in [3.05, 3.63) is 71.3 Å². The minimum atomic E-state index is -0.439. The molecule has 1 unspecified atom stereocenters. The van der Waals surface area contributed by atoms with Crippen LogP contribution in [0.25, 0.3) is 5.57 Å². The summed E-state index contributed by atoms with van der Waals surface area (Å²) in [6, 6.07) is 17.4. The number of nitrogens with zero attached hydrogens (tertiary/aromatic N) is 1. The van der Waals surface area contributed by atoms with Crippen molar-refractivity contribution in [3.63, 3.8) is 0 Å². The fourth-order valence-corrected chi connectivity index (χ4v) is 2.02. The zero-order valence-corrected chi connectivity index (χ0v) is 13.0. The highest BCUT2D eigenvalue weighted by molar-refractivity contribution is 6.25. The van der Waals surface area contributed by atoms with Gasteiger partial charge in [0.15, 0.2) is 0 Å². The quantitative estimate of drug-likeness (QED) is 0.486. The van der Waals surface area contributed by atoms with Gasteiger partial charge >= 0.3 is 5.97 Å². The van der Waals surface area contributed by atoms with Gasteiger partial charge in [0.1, 0.15) is 5.57 Å². The van der Waals surface area contributed by atoms with Gasteiger partial charge < -0.3 is 4.74 Å². The third kappa shape index (κ3) is 3.94. The molecule has 0 saturated carbocycles. The van der Waals surface area contributed by atoms with Gasteiger partial charge in [-0.3, -0.25) is 0 Å². The minimum absolute atomic E-state index is 0.0797. The first kappa shape index (κ1) is 15.7. The molecule has 0 aliphatic heterocycles. The van der Waals surface area contributed by atoms with Crippen LogP contribution in [0, 0.1) is 6.92 Å². The monoisotopic (exact) mass is 293 g/mol. The molecule has 0 radical (unpaired) electrons. The lowest BCUT2D eigenvalue weighted by atomic mass is 10.1. The van der Waals surface area contributed by atoms with E-state index in [0.717, 1.165) is 11.1 Å². The molecule has 3 nitrogen and oxygen atoms in total. The molecule has 0 heterocycles. The van der Waals surface area contributed by atoms with Crippen LogP contribution >= 0.6 is 0 Å². The number of rotatable bonds is 4. The standard InChI is InChI=1S/C19H19NO2/c1-14-9-11-16(12-10-14)15(2)20-13-18(19(21)22-3)17-7-5-4-6-8-17/h4-12,15H,1-3H3. The zero-order chi connectivity index (χ0) is 15.9. The van der Waals surface area contributed by atoms with Crippen molar-refractivity contribution in [3.8, 4) is 0 Å². The summed E-state index contributed by atoms with van der Waals surface area (Å²) < 4.78 is 4.82. The molecule has 0 aromatic heterocycles. The van der Waals surface area contributed by atoms with Crippen molar-refractivity contribution >= 4 is 17.4 Å². The molecule has 1 atom stereocenters. The Kier molecular flexibility index (Phi) is 5.29. The summed E-state index contributed by atoms with van der Waals surface area (Å²) in [7, 11) is 1.36. The number of methoxy groups -OCH3 is 1. The molecule has 0 spiro atoms. The Bertz CT molecular complexity index is 696. The van der Waals surface area contributed by atoms with Crippen LogP contribution in [0.4, 0.5) is 0 Å². The van der Waals surface area contributed by atoms with Crippen LogP contribution in [0.3, 0.4) is 0 Å². The minimum Gasteiger partial charge on any atom is -0.465 e. The molecule has 0 aliphatic carbocycles. The van der Waals surface area contributed by atoms with E-state index >= 15 is 0 Å². The Morgan fingerprint density at radius 3 is 2.32 bits per heavy atom. The molecule has 2 aromatic carbocycles. The number of hydrogen-bond donors (Lipinski definition) is 0. The Morgan fingerprint density at radius 2 is 1.73 bits per heavy atom. The van der Waals surface area contributed by atoms with Crippen LogP contribution in [0.1, 0.15) is 29.7 Å². The summed E-state index contributed by atoms with van der Waals surface area (Å²) in [5.74, 6) is 2.43. The molecule has 0 amide bonds. The van der Waals surface area contributed by atoms with Crippen molar-refractivity contribution < 1.29 is 9.53 Å². The molecule has 2 aromatic rings. The van der Waals surface area contributed by atoms with E-state index in [1.807, 2.05) is 68.4 Å². The maximum Gasteiger partial charge on any atom is 0.347 e. The van der Waals surface area contributed by atoms with Crippen molar-refractivity contribution in [2.45, 2.75) is 19.9 Å². The number of esters is 1. The average molecular weight is 293 g/mol. The smallest absolute Gasteiger partial charge is 0.347 e. The van der Waals surface area contributed by atoms with Gasteiger partial charge in [0.05, 0.1) is 13.2 Å². The molecule has 0 fully saturated rings. The van der Waals surface area contributed by atoms with E-state index in [2.05, 4.69) is 10.9 Å². The molecule has 22 heavy (non-hydrogen) atoms. The van der Waals surface area contributed by atoms with Gasteiger partial charge in [-0.2, -0.15) is 0 Å². The maximum atomic E-state index is 11.9. The number of carbonyl (C=O) groups excluding carboxylic acids is 1. The SMILES string of the molecule is COC(=O)C(=C=NC(C)c1ccc(C)cc1)c1ccccc1. The van der Waals surface area contributed by atoms with E-state index in [9.17, 15) is 4.79 Å². The molecule has 0 saturated heterocycles. The van der Waals surface area contributed by atoms with Gasteiger partial charge in [-0.05, 0) is 30.8 Å². The van der Waals surface area contributed by atoms with E-state index < -0.39 is 5.97 Å². The van der Waals surface area contributed by atoms with E-state index in [0.29, 0.717) is 5.57 Å². The third-order valence-corrected chi connectivity index (χ3v) is 3.38. The topological polar surface area (TPSA) is 38.7 Å². The molecule has 112 valence electrons. The van der Waals surface area contributed by atoms with Crippen molar-refractivity contribution in [2.24, 2.45) is 4.99 Å². The van der Waals surface area contributed by atoms with E-state index in [1.54, 1.807) is 0 Å². The van der Waals surface area contributed by atoms with Crippen molar-refractivity contribution in [1.82, 2.24) is 0 Å². The number of hydrogen-bond acceptors (Lipinski definition) is 3. The molecular formula is C19H19NO2. The fraction of sp³-hybridized carbons (Fsp3) is 0.211. The number of aryl methyl sites for hydroxylation is 1. The second-order valence-corrected chi connectivity index (χ2v) is 5.06. The summed E-state index contributed by atoms with van der Waals surface area (Å²) in [5, 5.41) is 0. The third-order valence-electron chi connectivity index (χ3n) is 3.38. The van der Waals surface area contributed by atoms with E-state index in [-0.39, 0.29) is 6.04 Å². The Hall–Kier alpha value is -2.64. The molecule has 2 rings (SSSR count). The predicted molar refractivity (Wildman–Crippen MR) is 88.9 cm³/mol. The van der Waals surface area contributed by atoms with Crippen molar-refractivity contribution in [1.29, 1.82) is 0 Å². The fourth-order valence-electron chi connectivity index (χ4n) is 2.02. The number of ether oxygens (including phenoxy) is 1. The number of aliphatic imine (C=N–C) groups is 1. The molecule has 0 N–H and O–H groups in total. The summed E-state index contributed by atoms with van der Waals surface area (Å²) in [6.07, 6.45) is 0. The zero-order valence-electron chi connectivity index (χ0n) is 13.0. The lowest BCUT2D eigenvalue weighted by molar-refractivity contribution is -0.133. The second kappa shape index (κ2) is 7.39. The Morgan fingerprint density at radius 1 is 1.09 bits per heavy atom. The van der Waals surface area contributed by atoms with Crippen LogP contribution in [0.5, 0.6) is 0 Å². The van der Waals surface area contributed by atoms with Gasteiger partial charge in [0.25, 0.3) is 0 Å². The number of carbonyl (C=O) groups is 1. The Balaban J connectivity index is 2.36. The first-order valence-corrected chi connectivity index (χ1v) is 7.15. The van der Waals surface area contributed by atoms with Gasteiger partial charge in [0.2, 0.25) is 0 Å². The van der Waals surface area contributed by atoms with E-state index in [1.165, 1.54) is 12.7 Å². The van der Waals surface area contributed by atoms with Crippen LogP contribution in [0.2, 0.25) is 0 Å². The first-order chi connectivity index (χ1) is 10.6. The van der Waals surface area contributed by atoms with Gasteiger partial charge in [-0.1, -0.05) is 60.2 Å². The van der Waals surface area contributed by atoms with Crippen LogP contribution in [-0.4, -0.2) is 18.9 Å².